The lowest BCUT2D eigenvalue weighted by Crippen LogP contribution is -2.27. The van der Waals surface area contributed by atoms with Gasteiger partial charge in [0.2, 0.25) is 0 Å². The number of thiazole rings is 1. The summed E-state index contributed by atoms with van der Waals surface area (Å²) in [4.78, 5) is 4.40. The van der Waals surface area contributed by atoms with Crippen LogP contribution in [0, 0.1) is 0 Å². The Hall–Kier alpha value is -0.460. The molecule has 2 rings (SSSR count). The van der Waals surface area contributed by atoms with E-state index in [4.69, 9.17) is 0 Å². The van der Waals surface area contributed by atoms with Crippen molar-refractivity contribution in [2.45, 2.75) is 31.1 Å². The number of nitrogens with zero attached hydrogens (tertiary/aromatic N) is 1. The molecule has 0 saturated carbocycles. The molecule has 1 N–H and O–H groups in total. The molecule has 0 bridgehead atoms. The van der Waals surface area contributed by atoms with E-state index >= 15 is 0 Å². The highest BCUT2D eigenvalue weighted by Crippen LogP contribution is 2.24. The third kappa shape index (κ3) is 3.26. The quantitative estimate of drug-likeness (QED) is 0.895. The highest BCUT2D eigenvalue weighted by Gasteiger charge is 2.18. The molecule has 0 amide bonds. The Balaban J connectivity index is 2.06. The molecule has 0 aromatic carbocycles. The SMILES string of the molecule is CS(=O)(=O)Cc1nc(C2CCCCN2)cs1. The molecule has 1 fully saturated rings. The van der Waals surface area contributed by atoms with Crippen molar-refractivity contribution in [2.75, 3.05) is 12.8 Å². The van der Waals surface area contributed by atoms with Crippen molar-refractivity contribution in [1.29, 1.82) is 0 Å². The van der Waals surface area contributed by atoms with Crippen molar-refractivity contribution in [1.82, 2.24) is 10.3 Å². The largest absolute Gasteiger partial charge is 0.309 e. The number of rotatable bonds is 3. The minimum atomic E-state index is -2.97. The van der Waals surface area contributed by atoms with Gasteiger partial charge in [-0.1, -0.05) is 6.42 Å². The fraction of sp³-hybridized carbons (Fsp3) is 0.700. The fourth-order valence-corrected chi connectivity index (χ4v) is 3.94. The van der Waals surface area contributed by atoms with Gasteiger partial charge >= 0.3 is 0 Å². The van der Waals surface area contributed by atoms with Crippen LogP contribution in [-0.2, 0) is 15.6 Å². The summed E-state index contributed by atoms with van der Waals surface area (Å²) in [6, 6.07) is 0.318. The minimum absolute atomic E-state index is 0.0599. The third-order valence-electron chi connectivity index (χ3n) is 2.62. The molecule has 1 aliphatic heterocycles. The van der Waals surface area contributed by atoms with Gasteiger partial charge in [-0.05, 0) is 19.4 Å². The lowest BCUT2D eigenvalue weighted by molar-refractivity contribution is 0.406. The smallest absolute Gasteiger partial charge is 0.153 e. The van der Waals surface area contributed by atoms with Crippen LogP contribution in [0.3, 0.4) is 0 Å². The number of aromatic nitrogens is 1. The fourth-order valence-electron chi connectivity index (χ4n) is 1.88. The van der Waals surface area contributed by atoms with E-state index < -0.39 is 9.84 Å². The van der Waals surface area contributed by atoms with Gasteiger partial charge in [0.05, 0.1) is 11.7 Å². The van der Waals surface area contributed by atoms with Gasteiger partial charge in [-0.25, -0.2) is 13.4 Å². The van der Waals surface area contributed by atoms with Gasteiger partial charge in [-0.15, -0.1) is 11.3 Å². The van der Waals surface area contributed by atoms with Gasteiger partial charge in [-0.3, -0.25) is 0 Å². The zero-order chi connectivity index (χ0) is 11.6. The molecule has 1 aliphatic rings. The topological polar surface area (TPSA) is 59.1 Å². The highest BCUT2D eigenvalue weighted by molar-refractivity contribution is 7.90. The second-order valence-electron chi connectivity index (χ2n) is 4.24. The molecule has 16 heavy (non-hydrogen) atoms. The van der Waals surface area contributed by atoms with Crippen LogP contribution >= 0.6 is 11.3 Å². The first kappa shape index (κ1) is 12.0. The molecule has 1 saturated heterocycles. The zero-order valence-electron chi connectivity index (χ0n) is 9.27. The Labute approximate surface area is 100 Å². The van der Waals surface area contributed by atoms with Crippen LogP contribution in [0.4, 0.5) is 0 Å². The van der Waals surface area contributed by atoms with Crippen molar-refractivity contribution in [3.63, 3.8) is 0 Å². The average molecular weight is 260 g/mol. The molecule has 90 valence electrons. The number of hydrogen-bond donors (Lipinski definition) is 1. The van der Waals surface area contributed by atoms with Crippen LogP contribution in [0.15, 0.2) is 5.38 Å². The summed E-state index contributed by atoms with van der Waals surface area (Å²) in [5.74, 6) is 0.0599. The Kier molecular flexibility index (Phi) is 3.61. The molecule has 4 nitrogen and oxygen atoms in total. The summed E-state index contributed by atoms with van der Waals surface area (Å²) in [5.41, 5.74) is 1.00. The van der Waals surface area contributed by atoms with E-state index in [1.165, 1.54) is 30.4 Å². The zero-order valence-corrected chi connectivity index (χ0v) is 10.9. The van der Waals surface area contributed by atoms with Crippen molar-refractivity contribution < 1.29 is 8.42 Å². The first-order chi connectivity index (χ1) is 7.54. The number of sulfone groups is 1. The maximum atomic E-state index is 11.1. The lowest BCUT2D eigenvalue weighted by Gasteiger charge is -2.21. The van der Waals surface area contributed by atoms with E-state index in [1.807, 2.05) is 5.38 Å². The summed E-state index contributed by atoms with van der Waals surface area (Å²) in [7, 11) is -2.97. The minimum Gasteiger partial charge on any atom is -0.309 e. The molecule has 6 heteroatoms. The predicted molar refractivity (Wildman–Crippen MR) is 65.3 cm³/mol. The maximum absolute atomic E-state index is 11.1. The lowest BCUT2D eigenvalue weighted by atomic mass is 10.0. The molecule has 1 unspecified atom stereocenters. The van der Waals surface area contributed by atoms with Crippen molar-refractivity contribution in [3.05, 3.63) is 16.1 Å². The monoisotopic (exact) mass is 260 g/mol. The molecule has 0 spiro atoms. The van der Waals surface area contributed by atoms with E-state index in [-0.39, 0.29) is 5.75 Å². The predicted octanol–water partition coefficient (Wildman–Crippen LogP) is 1.50. The summed E-state index contributed by atoms with van der Waals surface area (Å²) >= 11 is 1.44. The number of piperidine rings is 1. The normalized spacial score (nSPS) is 22.2. The second-order valence-corrected chi connectivity index (χ2v) is 7.32. The first-order valence-electron chi connectivity index (χ1n) is 5.40. The third-order valence-corrected chi connectivity index (χ3v) is 4.47. The summed E-state index contributed by atoms with van der Waals surface area (Å²) in [6.07, 6.45) is 4.78. The molecule has 2 heterocycles. The van der Waals surface area contributed by atoms with Gasteiger partial charge in [0.25, 0.3) is 0 Å². The van der Waals surface area contributed by atoms with Crippen molar-refractivity contribution in [3.8, 4) is 0 Å². The highest BCUT2D eigenvalue weighted by atomic mass is 32.2. The van der Waals surface area contributed by atoms with Crippen molar-refractivity contribution in [2.24, 2.45) is 0 Å². The average Bonchev–Trinajstić information content (AvgIpc) is 2.65. The standard InChI is InChI=1S/C10H16N2O2S2/c1-16(13,14)7-10-12-9(6-15-10)8-4-2-3-5-11-8/h6,8,11H,2-5,7H2,1H3. The van der Waals surface area contributed by atoms with E-state index in [9.17, 15) is 8.42 Å². The van der Waals surface area contributed by atoms with Gasteiger partial charge in [0, 0.05) is 11.6 Å². The Morgan fingerprint density at radius 2 is 2.38 bits per heavy atom. The van der Waals surface area contributed by atoms with Crippen LogP contribution in [0.5, 0.6) is 0 Å². The van der Waals surface area contributed by atoms with Crippen LogP contribution < -0.4 is 5.32 Å². The Morgan fingerprint density at radius 1 is 1.56 bits per heavy atom. The summed E-state index contributed by atoms with van der Waals surface area (Å²) < 4.78 is 22.3. The van der Waals surface area contributed by atoms with E-state index in [0.29, 0.717) is 11.0 Å². The van der Waals surface area contributed by atoms with Gasteiger partial charge in [0.15, 0.2) is 9.84 Å². The molecule has 1 aromatic heterocycles. The number of hydrogen-bond acceptors (Lipinski definition) is 5. The maximum Gasteiger partial charge on any atom is 0.153 e. The van der Waals surface area contributed by atoms with Gasteiger partial charge < -0.3 is 5.32 Å². The van der Waals surface area contributed by atoms with Crippen molar-refractivity contribution >= 4 is 21.2 Å². The molecule has 0 aliphatic carbocycles. The molecular weight excluding hydrogens is 244 g/mol. The summed E-state index contributed by atoms with van der Waals surface area (Å²) in [5, 5.41) is 6.08. The molecule has 0 radical (unpaired) electrons. The molecule has 1 atom stereocenters. The van der Waals surface area contributed by atoms with E-state index in [2.05, 4.69) is 10.3 Å². The Morgan fingerprint density at radius 3 is 3.00 bits per heavy atom. The van der Waals surface area contributed by atoms with Gasteiger partial charge in [0.1, 0.15) is 10.8 Å². The number of nitrogens with one attached hydrogen (secondary N) is 1. The van der Waals surface area contributed by atoms with E-state index in [1.54, 1.807) is 0 Å². The van der Waals surface area contributed by atoms with Crippen LogP contribution in [0.25, 0.3) is 0 Å². The van der Waals surface area contributed by atoms with Crippen LogP contribution in [0.2, 0.25) is 0 Å². The summed E-state index contributed by atoms with van der Waals surface area (Å²) in [6.45, 7) is 1.03. The molecular formula is C10H16N2O2S2. The first-order valence-corrected chi connectivity index (χ1v) is 8.34. The second kappa shape index (κ2) is 4.81. The molecule has 1 aromatic rings. The Bertz CT molecular complexity index is 447. The van der Waals surface area contributed by atoms with Crippen LogP contribution in [-0.4, -0.2) is 26.2 Å². The van der Waals surface area contributed by atoms with Gasteiger partial charge in [-0.2, -0.15) is 0 Å². The van der Waals surface area contributed by atoms with E-state index in [0.717, 1.165) is 18.7 Å². The van der Waals surface area contributed by atoms with Crippen LogP contribution in [0.1, 0.15) is 36.0 Å².